The van der Waals surface area contributed by atoms with Gasteiger partial charge >= 0.3 is 0 Å². The largest absolute Gasteiger partial charge is 0.392 e. The Balaban J connectivity index is 0.000000160. The Morgan fingerprint density at radius 3 is 1.12 bits per heavy atom. The molecule has 0 saturated heterocycles. The van der Waals surface area contributed by atoms with Crippen LogP contribution in [0, 0.1) is 0 Å². The SMILES string of the molecule is N[C@@H]1CCCC[C@H]1O.N[C@H]1CCCC[C@@H]1O. The molecule has 0 amide bonds. The van der Waals surface area contributed by atoms with Crippen LogP contribution in [0.25, 0.3) is 0 Å². The first-order valence-corrected chi connectivity index (χ1v) is 6.48. The normalized spacial score (nSPS) is 39.8. The number of rotatable bonds is 0. The molecule has 2 aliphatic carbocycles. The van der Waals surface area contributed by atoms with Gasteiger partial charge in [-0.25, -0.2) is 0 Å². The molecule has 2 fully saturated rings. The van der Waals surface area contributed by atoms with Crippen molar-refractivity contribution in [1.82, 2.24) is 0 Å². The zero-order chi connectivity index (χ0) is 12.0. The highest BCUT2D eigenvalue weighted by molar-refractivity contribution is 4.76. The molecule has 0 aromatic carbocycles. The predicted octanol–water partition coefficient (Wildman–Crippen LogP) is 0.497. The average Bonchev–Trinajstić information content (AvgIpc) is 2.28. The van der Waals surface area contributed by atoms with Crippen molar-refractivity contribution < 1.29 is 10.2 Å². The highest BCUT2D eigenvalue weighted by atomic mass is 16.3. The summed E-state index contributed by atoms with van der Waals surface area (Å²) in [5.74, 6) is 0. The molecule has 0 aromatic heterocycles. The Morgan fingerprint density at radius 2 is 0.938 bits per heavy atom. The van der Waals surface area contributed by atoms with Crippen molar-refractivity contribution in [2.24, 2.45) is 11.5 Å². The Labute approximate surface area is 98.0 Å². The lowest BCUT2D eigenvalue weighted by molar-refractivity contribution is 0.108. The van der Waals surface area contributed by atoms with E-state index in [1.165, 1.54) is 12.8 Å². The van der Waals surface area contributed by atoms with Crippen molar-refractivity contribution in [2.45, 2.75) is 75.7 Å². The fourth-order valence-corrected chi connectivity index (χ4v) is 2.28. The molecule has 0 aromatic rings. The smallest absolute Gasteiger partial charge is 0.0691 e. The van der Waals surface area contributed by atoms with Crippen molar-refractivity contribution in [3.8, 4) is 0 Å². The molecule has 4 atom stereocenters. The molecule has 0 bridgehead atoms. The minimum Gasteiger partial charge on any atom is -0.392 e. The van der Waals surface area contributed by atoms with E-state index in [-0.39, 0.29) is 24.3 Å². The van der Waals surface area contributed by atoms with Gasteiger partial charge in [0.25, 0.3) is 0 Å². The summed E-state index contributed by atoms with van der Waals surface area (Å²) in [6.45, 7) is 0. The maximum atomic E-state index is 9.05. The predicted molar refractivity (Wildman–Crippen MR) is 64.9 cm³/mol. The molecule has 96 valence electrons. The van der Waals surface area contributed by atoms with Crippen LogP contribution in [-0.4, -0.2) is 34.5 Å². The van der Waals surface area contributed by atoms with Crippen molar-refractivity contribution in [1.29, 1.82) is 0 Å². The standard InChI is InChI=1S/2C6H13NO/c2*7-5-3-1-2-4-6(5)8/h2*5-6,8H,1-4,7H2/t2*5-,6-/m10/s1. The van der Waals surface area contributed by atoms with Crippen LogP contribution in [0.3, 0.4) is 0 Å². The Morgan fingerprint density at radius 1 is 0.625 bits per heavy atom. The van der Waals surface area contributed by atoms with Crippen molar-refractivity contribution in [3.63, 3.8) is 0 Å². The number of aliphatic hydroxyl groups is 2. The van der Waals surface area contributed by atoms with Gasteiger partial charge in [0, 0.05) is 12.1 Å². The summed E-state index contributed by atoms with van der Waals surface area (Å²) in [4.78, 5) is 0. The van der Waals surface area contributed by atoms with E-state index < -0.39 is 0 Å². The zero-order valence-electron chi connectivity index (χ0n) is 10.0. The molecule has 0 aliphatic heterocycles. The van der Waals surface area contributed by atoms with E-state index in [2.05, 4.69) is 0 Å². The van der Waals surface area contributed by atoms with Crippen LogP contribution in [-0.2, 0) is 0 Å². The van der Waals surface area contributed by atoms with E-state index in [1.54, 1.807) is 0 Å². The first kappa shape index (κ1) is 13.9. The molecule has 6 N–H and O–H groups in total. The molecule has 2 saturated carbocycles. The first-order chi connectivity index (χ1) is 7.61. The van der Waals surface area contributed by atoms with Crippen LogP contribution in [0.4, 0.5) is 0 Å². The van der Waals surface area contributed by atoms with Crippen molar-refractivity contribution in [2.75, 3.05) is 0 Å². The average molecular weight is 230 g/mol. The highest BCUT2D eigenvalue weighted by Crippen LogP contribution is 2.16. The van der Waals surface area contributed by atoms with Gasteiger partial charge in [0.15, 0.2) is 0 Å². The van der Waals surface area contributed by atoms with Crippen molar-refractivity contribution >= 4 is 0 Å². The molecular weight excluding hydrogens is 204 g/mol. The van der Waals surface area contributed by atoms with E-state index in [9.17, 15) is 0 Å². The van der Waals surface area contributed by atoms with Crippen LogP contribution < -0.4 is 11.5 Å². The van der Waals surface area contributed by atoms with E-state index in [0.717, 1.165) is 38.5 Å². The molecule has 16 heavy (non-hydrogen) atoms. The van der Waals surface area contributed by atoms with Gasteiger partial charge in [0.2, 0.25) is 0 Å². The molecular formula is C12H26N2O2. The third-order valence-electron chi connectivity index (χ3n) is 3.56. The summed E-state index contributed by atoms with van der Waals surface area (Å²) in [5.41, 5.74) is 11.1. The molecule has 0 radical (unpaired) electrons. The number of hydrogen-bond donors (Lipinski definition) is 4. The summed E-state index contributed by atoms with van der Waals surface area (Å²) < 4.78 is 0. The van der Waals surface area contributed by atoms with Crippen LogP contribution >= 0.6 is 0 Å². The Bertz CT molecular complexity index is 150. The molecule has 4 heteroatoms. The second kappa shape index (κ2) is 7.22. The summed E-state index contributed by atoms with van der Waals surface area (Å²) in [7, 11) is 0. The van der Waals surface area contributed by atoms with Gasteiger partial charge in [0.1, 0.15) is 0 Å². The molecule has 0 heterocycles. The fourth-order valence-electron chi connectivity index (χ4n) is 2.28. The minimum atomic E-state index is -0.219. The monoisotopic (exact) mass is 230 g/mol. The van der Waals surface area contributed by atoms with Gasteiger partial charge in [-0.15, -0.1) is 0 Å². The molecule has 2 rings (SSSR count). The highest BCUT2D eigenvalue weighted by Gasteiger charge is 2.18. The lowest BCUT2D eigenvalue weighted by atomic mass is 9.94. The van der Waals surface area contributed by atoms with E-state index >= 15 is 0 Å². The summed E-state index contributed by atoms with van der Waals surface area (Å²) in [5, 5.41) is 18.1. The van der Waals surface area contributed by atoms with Crippen molar-refractivity contribution in [3.05, 3.63) is 0 Å². The van der Waals surface area contributed by atoms with Gasteiger partial charge < -0.3 is 21.7 Å². The third-order valence-corrected chi connectivity index (χ3v) is 3.56. The number of hydrogen-bond acceptors (Lipinski definition) is 4. The molecule has 0 unspecified atom stereocenters. The maximum absolute atomic E-state index is 9.05. The van der Waals surface area contributed by atoms with Gasteiger partial charge in [-0.3, -0.25) is 0 Å². The van der Waals surface area contributed by atoms with E-state index in [0.29, 0.717) is 0 Å². The van der Waals surface area contributed by atoms with Crippen LogP contribution in [0.2, 0.25) is 0 Å². The molecule has 4 nitrogen and oxygen atoms in total. The van der Waals surface area contributed by atoms with E-state index in [1.807, 2.05) is 0 Å². The van der Waals surface area contributed by atoms with Gasteiger partial charge in [0.05, 0.1) is 12.2 Å². The Hall–Kier alpha value is -0.160. The van der Waals surface area contributed by atoms with Crippen LogP contribution in [0.1, 0.15) is 51.4 Å². The third kappa shape index (κ3) is 4.78. The summed E-state index contributed by atoms with van der Waals surface area (Å²) in [6, 6.07) is 0.118. The second-order valence-electron chi connectivity index (χ2n) is 5.03. The topological polar surface area (TPSA) is 92.5 Å². The Kier molecular flexibility index (Phi) is 6.28. The minimum absolute atomic E-state index is 0.0590. The lowest BCUT2D eigenvalue weighted by Crippen LogP contribution is -2.37. The van der Waals surface area contributed by atoms with Gasteiger partial charge in [-0.1, -0.05) is 25.7 Å². The van der Waals surface area contributed by atoms with Crippen LogP contribution in [0.5, 0.6) is 0 Å². The molecule has 0 spiro atoms. The van der Waals surface area contributed by atoms with Gasteiger partial charge in [-0.05, 0) is 25.7 Å². The van der Waals surface area contributed by atoms with Crippen LogP contribution in [0.15, 0.2) is 0 Å². The number of nitrogens with two attached hydrogens (primary N) is 2. The summed E-state index contributed by atoms with van der Waals surface area (Å²) >= 11 is 0. The first-order valence-electron chi connectivity index (χ1n) is 6.48. The zero-order valence-corrected chi connectivity index (χ0v) is 10.0. The second-order valence-corrected chi connectivity index (χ2v) is 5.03. The lowest BCUT2D eigenvalue weighted by Gasteiger charge is -2.23. The maximum Gasteiger partial charge on any atom is 0.0691 e. The van der Waals surface area contributed by atoms with Gasteiger partial charge in [-0.2, -0.15) is 0 Å². The quantitative estimate of drug-likeness (QED) is 0.487. The molecule has 2 aliphatic rings. The van der Waals surface area contributed by atoms with E-state index in [4.69, 9.17) is 21.7 Å². The fraction of sp³-hybridized carbons (Fsp3) is 1.00. The summed E-state index contributed by atoms with van der Waals surface area (Å²) in [6.07, 6.45) is 8.05. The number of aliphatic hydroxyl groups excluding tert-OH is 2.